The van der Waals surface area contributed by atoms with Crippen molar-refractivity contribution in [3.05, 3.63) is 39.6 Å². The molecule has 2 heterocycles. The van der Waals surface area contributed by atoms with Gasteiger partial charge >= 0.3 is 0 Å². The largest absolute Gasteiger partial charge is 0.494 e. The number of carbonyl (C=O) groups excluding carboxylic acids is 1. The lowest BCUT2D eigenvalue weighted by molar-refractivity contribution is 0.0951. The molecule has 0 spiro atoms. The average molecular weight is 396 g/mol. The number of sulfonamides is 1. The molecule has 2 aromatic rings. The number of benzene rings is 1. The number of hydrogen-bond donors (Lipinski definition) is 2. The lowest BCUT2D eigenvalue weighted by Gasteiger charge is -2.13. The quantitative estimate of drug-likeness (QED) is 0.777. The molecule has 1 aliphatic rings. The van der Waals surface area contributed by atoms with Crippen LogP contribution in [0.2, 0.25) is 0 Å². The zero-order valence-electron chi connectivity index (χ0n) is 14.4. The van der Waals surface area contributed by atoms with Crippen LogP contribution in [0.5, 0.6) is 11.5 Å². The van der Waals surface area contributed by atoms with Crippen molar-refractivity contribution in [3.63, 3.8) is 0 Å². The maximum absolute atomic E-state index is 12.4. The predicted molar refractivity (Wildman–Crippen MR) is 98.3 cm³/mol. The Morgan fingerprint density at radius 1 is 1.46 bits per heavy atom. The van der Waals surface area contributed by atoms with Crippen LogP contribution < -0.4 is 19.9 Å². The standard InChI is InChI=1S/C17H20N2O5S2/c1-3-23-13-7-11-6-10(2)24-14(11)8-12(13)9-19-17(20)16-15(4-5-25-16)26(18,21)22/h4-5,7-8,10H,3,6,9H2,1-2H3,(H,19,20)(H2,18,21,22). The van der Waals surface area contributed by atoms with E-state index in [1.807, 2.05) is 26.0 Å². The van der Waals surface area contributed by atoms with Crippen LogP contribution in [-0.2, 0) is 23.0 Å². The highest BCUT2D eigenvalue weighted by atomic mass is 32.2. The van der Waals surface area contributed by atoms with E-state index in [0.717, 1.165) is 34.6 Å². The lowest BCUT2D eigenvalue weighted by atomic mass is 10.1. The molecule has 3 rings (SSSR count). The Bertz CT molecular complexity index is 937. The van der Waals surface area contributed by atoms with Crippen molar-refractivity contribution >= 4 is 27.3 Å². The maximum atomic E-state index is 12.4. The highest BCUT2D eigenvalue weighted by molar-refractivity contribution is 7.89. The number of nitrogens with one attached hydrogen (secondary N) is 1. The molecule has 1 aromatic heterocycles. The van der Waals surface area contributed by atoms with Crippen molar-refractivity contribution in [2.75, 3.05) is 6.61 Å². The third-order valence-corrected chi connectivity index (χ3v) is 5.96. The van der Waals surface area contributed by atoms with Gasteiger partial charge < -0.3 is 14.8 Å². The number of hydrogen-bond acceptors (Lipinski definition) is 6. The van der Waals surface area contributed by atoms with Crippen LogP contribution in [0.15, 0.2) is 28.5 Å². The average Bonchev–Trinajstić information content (AvgIpc) is 3.17. The molecule has 1 aromatic carbocycles. The smallest absolute Gasteiger partial charge is 0.263 e. The molecule has 0 bridgehead atoms. The van der Waals surface area contributed by atoms with Crippen LogP contribution in [0.1, 0.15) is 34.6 Å². The number of fused-ring (bicyclic) bond motifs is 1. The molecule has 3 N–H and O–H groups in total. The summed E-state index contributed by atoms with van der Waals surface area (Å²) in [6, 6.07) is 5.12. The number of amides is 1. The molecule has 0 saturated heterocycles. The molecular weight excluding hydrogens is 376 g/mol. The van der Waals surface area contributed by atoms with E-state index in [4.69, 9.17) is 14.6 Å². The summed E-state index contributed by atoms with van der Waals surface area (Å²) in [5, 5.41) is 9.40. The van der Waals surface area contributed by atoms with Gasteiger partial charge in [-0.1, -0.05) is 0 Å². The summed E-state index contributed by atoms with van der Waals surface area (Å²) >= 11 is 1.03. The first-order valence-electron chi connectivity index (χ1n) is 8.13. The van der Waals surface area contributed by atoms with Crippen LogP contribution in [-0.4, -0.2) is 27.0 Å². The van der Waals surface area contributed by atoms with E-state index in [-0.39, 0.29) is 22.4 Å². The molecule has 1 unspecified atom stereocenters. The fourth-order valence-electron chi connectivity index (χ4n) is 2.85. The van der Waals surface area contributed by atoms with Gasteiger partial charge in [-0.15, -0.1) is 11.3 Å². The number of ether oxygens (including phenoxy) is 2. The first-order chi connectivity index (χ1) is 12.3. The Morgan fingerprint density at radius 3 is 2.92 bits per heavy atom. The van der Waals surface area contributed by atoms with E-state index < -0.39 is 15.9 Å². The zero-order chi connectivity index (χ0) is 18.9. The van der Waals surface area contributed by atoms with Crippen molar-refractivity contribution in [1.82, 2.24) is 5.32 Å². The monoisotopic (exact) mass is 396 g/mol. The number of rotatable bonds is 6. The summed E-state index contributed by atoms with van der Waals surface area (Å²) in [7, 11) is -3.94. The Morgan fingerprint density at radius 2 is 2.23 bits per heavy atom. The fraction of sp³-hybridized carbons (Fsp3) is 0.353. The van der Waals surface area contributed by atoms with Crippen LogP contribution in [0.4, 0.5) is 0 Å². The lowest BCUT2D eigenvalue weighted by Crippen LogP contribution is -2.25. The van der Waals surface area contributed by atoms with Crippen molar-refractivity contribution in [3.8, 4) is 11.5 Å². The molecular formula is C17H20N2O5S2. The Hall–Kier alpha value is -2.10. The fourth-order valence-corrected chi connectivity index (χ4v) is 4.74. The van der Waals surface area contributed by atoms with Gasteiger partial charge in [-0.2, -0.15) is 0 Å². The molecule has 140 valence electrons. The minimum absolute atomic E-state index is 0.0662. The minimum Gasteiger partial charge on any atom is -0.494 e. The molecule has 0 fully saturated rings. The molecule has 7 nitrogen and oxygen atoms in total. The van der Waals surface area contributed by atoms with Crippen LogP contribution in [0.3, 0.4) is 0 Å². The SMILES string of the molecule is CCOc1cc2c(cc1CNC(=O)c1sccc1S(N)(=O)=O)OC(C)C2. The van der Waals surface area contributed by atoms with Crippen molar-refractivity contribution < 1.29 is 22.7 Å². The second-order valence-corrected chi connectivity index (χ2v) is 8.42. The normalized spacial score (nSPS) is 16.0. The van der Waals surface area contributed by atoms with Crippen LogP contribution in [0.25, 0.3) is 0 Å². The molecule has 0 radical (unpaired) electrons. The summed E-state index contributed by atoms with van der Waals surface area (Å²) in [4.78, 5) is 12.3. The summed E-state index contributed by atoms with van der Waals surface area (Å²) < 4.78 is 34.6. The molecule has 1 amide bonds. The van der Waals surface area contributed by atoms with Gasteiger partial charge in [0.2, 0.25) is 10.0 Å². The maximum Gasteiger partial charge on any atom is 0.263 e. The van der Waals surface area contributed by atoms with E-state index in [1.165, 1.54) is 11.4 Å². The Labute approximate surface area is 156 Å². The first kappa shape index (κ1) is 18.7. The molecule has 1 atom stereocenters. The third kappa shape index (κ3) is 3.84. The van der Waals surface area contributed by atoms with Gasteiger partial charge in [-0.05, 0) is 37.4 Å². The van der Waals surface area contributed by atoms with Crippen molar-refractivity contribution in [2.45, 2.75) is 37.8 Å². The molecule has 26 heavy (non-hydrogen) atoms. The second kappa shape index (κ2) is 7.26. The number of primary sulfonamides is 1. The Balaban J connectivity index is 1.81. The van der Waals surface area contributed by atoms with E-state index in [1.54, 1.807) is 0 Å². The zero-order valence-corrected chi connectivity index (χ0v) is 16.1. The van der Waals surface area contributed by atoms with Crippen molar-refractivity contribution in [1.29, 1.82) is 0 Å². The summed E-state index contributed by atoms with van der Waals surface area (Å²) in [6.45, 7) is 4.56. The molecule has 9 heteroatoms. The first-order valence-corrected chi connectivity index (χ1v) is 10.6. The third-order valence-electron chi connectivity index (χ3n) is 3.96. The van der Waals surface area contributed by atoms with E-state index in [9.17, 15) is 13.2 Å². The van der Waals surface area contributed by atoms with E-state index in [2.05, 4.69) is 5.32 Å². The molecule has 1 aliphatic heterocycles. The van der Waals surface area contributed by atoms with Crippen LogP contribution >= 0.6 is 11.3 Å². The van der Waals surface area contributed by atoms with Gasteiger partial charge in [0.1, 0.15) is 27.4 Å². The van der Waals surface area contributed by atoms with Gasteiger partial charge in [0.15, 0.2) is 0 Å². The summed E-state index contributed by atoms with van der Waals surface area (Å²) in [6.07, 6.45) is 0.919. The van der Waals surface area contributed by atoms with Gasteiger partial charge in [-0.25, -0.2) is 13.6 Å². The minimum atomic E-state index is -3.94. The van der Waals surface area contributed by atoms with Gasteiger partial charge in [0, 0.05) is 24.1 Å². The highest BCUT2D eigenvalue weighted by Gasteiger charge is 2.23. The Kier molecular flexibility index (Phi) is 5.22. The molecule has 0 saturated carbocycles. The second-order valence-electron chi connectivity index (χ2n) is 5.97. The molecule has 0 aliphatic carbocycles. The van der Waals surface area contributed by atoms with Crippen molar-refractivity contribution in [2.24, 2.45) is 5.14 Å². The summed E-state index contributed by atoms with van der Waals surface area (Å²) in [5.41, 5.74) is 1.84. The summed E-state index contributed by atoms with van der Waals surface area (Å²) in [5.74, 6) is 0.968. The van der Waals surface area contributed by atoms with Gasteiger partial charge in [0.05, 0.1) is 6.61 Å². The van der Waals surface area contributed by atoms with Crippen LogP contribution in [0, 0.1) is 0 Å². The highest BCUT2D eigenvalue weighted by Crippen LogP contribution is 2.35. The predicted octanol–water partition coefficient (Wildman–Crippen LogP) is 2.05. The van der Waals surface area contributed by atoms with E-state index >= 15 is 0 Å². The van der Waals surface area contributed by atoms with Gasteiger partial charge in [0.25, 0.3) is 5.91 Å². The number of carbonyl (C=O) groups is 1. The number of nitrogens with two attached hydrogens (primary N) is 1. The van der Waals surface area contributed by atoms with E-state index in [0.29, 0.717) is 12.4 Å². The van der Waals surface area contributed by atoms with Gasteiger partial charge in [-0.3, -0.25) is 4.79 Å². The number of thiophene rings is 1. The topological polar surface area (TPSA) is 108 Å².